The van der Waals surface area contributed by atoms with Gasteiger partial charge in [-0.05, 0) is 65.9 Å². The molecule has 11 heteroatoms. The topological polar surface area (TPSA) is 87.6 Å². The number of alkyl halides is 3. The maximum absolute atomic E-state index is 12.7. The number of esters is 1. The molecule has 3 heterocycles. The Morgan fingerprint density at radius 2 is 1.91 bits per heavy atom. The zero-order chi connectivity index (χ0) is 25.0. The van der Waals surface area contributed by atoms with Crippen molar-refractivity contribution in [3.8, 4) is 11.1 Å². The summed E-state index contributed by atoms with van der Waals surface area (Å²) in [5, 5.41) is 13.6. The summed E-state index contributed by atoms with van der Waals surface area (Å²) >= 11 is 1.52. The molecule has 3 aromatic rings. The minimum atomic E-state index is -4.43. The van der Waals surface area contributed by atoms with E-state index in [0.29, 0.717) is 25.3 Å². The van der Waals surface area contributed by atoms with Gasteiger partial charge in [0.15, 0.2) is 0 Å². The van der Waals surface area contributed by atoms with Gasteiger partial charge in [-0.2, -0.15) is 13.2 Å². The molecule has 2 N–H and O–H groups in total. The van der Waals surface area contributed by atoms with Crippen LogP contribution < -0.4 is 5.32 Å². The van der Waals surface area contributed by atoms with Crippen molar-refractivity contribution in [2.24, 2.45) is 0 Å². The Kier molecular flexibility index (Phi) is 7.58. The highest BCUT2D eigenvalue weighted by molar-refractivity contribution is 7.97. The van der Waals surface area contributed by atoms with Crippen LogP contribution in [-0.4, -0.2) is 57.7 Å². The first-order chi connectivity index (χ1) is 16.7. The van der Waals surface area contributed by atoms with E-state index in [-0.39, 0.29) is 11.7 Å². The van der Waals surface area contributed by atoms with Crippen molar-refractivity contribution in [1.29, 1.82) is 0 Å². The molecular weight excluding hydrogens is 481 g/mol. The molecule has 7 nitrogen and oxygen atoms in total. The van der Waals surface area contributed by atoms with Crippen LogP contribution in [0.1, 0.15) is 22.5 Å². The molecule has 0 radical (unpaired) electrons. The van der Waals surface area contributed by atoms with Gasteiger partial charge in [0.05, 0.1) is 24.8 Å². The number of nitrogens with zero attached hydrogens (tertiary/aromatic N) is 3. The van der Waals surface area contributed by atoms with E-state index in [2.05, 4.69) is 15.3 Å². The summed E-state index contributed by atoms with van der Waals surface area (Å²) in [6.45, 7) is 1.06. The number of hydrogen-bond donors (Lipinski definition) is 2. The minimum Gasteiger partial charge on any atom is -0.464 e. The highest BCUT2D eigenvalue weighted by Gasteiger charge is 2.31. The van der Waals surface area contributed by atoms with Crippen LogP contribution in [0.15, 0.2) is 65.8 Å². The molecule has 1 aliphatic rings. The number of benzene rings is 1. The number of piperidine rings is 1. The first-order valence-electron chi connectivity index (χ1n) is 10.8. The van der Waals surface area contributed by atoms with E-state index >= 15 is 0 Å². The average molecular weight is 505 g/mol. The molecule has 4 rings (SSSR count). The number of carbonyl (C=O) groups is 1. The van der Waals surface area contributed by atoms with Crippen LogP contribution in [0.5, 0.6) is 0 Å². The normalized spacial score (nSPS) is 18.8. The molecule has 0 saturated carbocycles. The number of β-amino-alcohol motifs (C(OH)–C–C–N with tert-alkyl or cyclic N) is 1. The molecule has 0 spiro atoms. The Bertz CT molecular complexity index is 1160. The summed E-state index contributed by atoms with van der Waals surface area (Å²) in [6, 6.07) is 13.2. The van der Waals surface area contributed by atoms with Gasteiger partial charge in [-0.15, -0.1) is 0 Å². The van der Waals surface area contributed by atoms with Crippen LogP contribution in [0.4, 0.5) is 19.0 Å². The average Bonchev–Trinajstić information content (AvgIpc) is 2.85. The van der Waals surface area contributed by atoms with Crippen molar-refractivity contribution in [3.63, 3.8) is 0 Å². The third-order valence-corrected chi connectivity index (χ3v) is 6.62. The fourth-order valence-corrected chi connectivity index (χ4v) is 4.65. The number of hydrogen-bond acceptors (Lipinski definition) is 8. The van der Waals surface area contributed by atoms with Crippen LogP contribution in [-0.2, 0) is 10.9 Å². The number of methoxy groups -OCH3 is 1. The Balaban J connectivity index is 1.32. The second-order valence-electron chi connectivity index (χ2n) is 7.96. The smallest absolute Gasteiger partial charge is 0.417 e. The minimum absolute atomic E-state index is 0.236. The molecule has 0 amide bonds. The number of ether oxygens (including phenoxy) is 1. The first kappa shape index (κ1) is 25.0. The molecule has 1 fully saturated rings. The van der Waals surface area contributed by atoms with Crippen molar-refractivity contribution >= 4 is 23.7 Å². The van der Waals surface area contributed by atoms with Gasteiger partial charge in [0, 0.05) is 30.4 Å². The zero-order valence-electron chi connectivity index (χ0n) is 18.7. The number of aliphatic hydroxyl groups is 1. The fraction of sp³-hybridized carbons (Fsp3) is 0.292. The summed E-state index contributed by atoms with van der Waals surface area (Å²) in [5.41, 5.74) is 1.19. The predicted octanol–water partition coefficient (Wildman–Crippen LogP) is 4.50. The molecule has 2 aromatic heterocycles. The lowest BCUT2D eigenvalue weighted by atomic mass is 10.0. The summed E-state index contributed by atoms with van der Waals surface area (Å²) in [7, 11) is 1.31. The maximum atomic E-state index is 12.7. The summed E-state index contributed by atoms with van der Waals surface area (Å²) in [6.07, 6.45) is -2.21. The Hall–Kier alpha value is -3.15. The second-order valence-corrected chi connectivity index (χ2v) is 9.13. The number of carbonyl (C=O) groups excluding carboxylic acids is 1. The molecule has 0 bridgehead atoms. The van der Waals surface area contributed by atoms with E-state index in [1.165, 1.54) is 25.1 Å². The number of anilines is 1. The lowest BCUT2D eigenvalue weighted by Gasteiger charge is -2.35. The van der Waals surface area contributed by atoms with Crippen molar-refractivity contribution < 1.29 is 27.8 Å². The van der Waals surface area contributed by atoms with E-state index < -0.39 is 23.8 Å². The van der Waals surface area contributed by atoms with E-state index in [1.54, 1.807) is 12.3 Å². The molecule has 1 aromatic carbocycles. The highest BCUT2D eigenvalue weighted by Crippen LogP contribution is 2.31. The number of halogens is 3. The van der Waals surface area contributed by atoms with Crippen molar-refractivity contribution in [3.05, 3.63) is 72.2 Å². The number of aliphatic hydroxyl groups excluding tert-OH is 1. The van der Waals surface area contributed by atoms with Gasteiger partial charge < -0.3 is 15.2 Å². The summed E-state index contributed by atoms with van der Waals surface area (Å²) < 4.78 is 44.9. The van der Waals surface area contributed by atoms with Gasteiger partial charge in [0.1, 0.15) is 11.5 Å². The molecular formula is C24H23F3N4O3S. The van der Waals surface area contributed by atoms with Gasteiger partial charge in [-0.25, -0.2) is 19.1 Å². The molecule has 2 unspecified atom stereocenters. The standard InChI is InChI=1S/C24H23F3N4O3S/c1-34-23(33)20-12-16(8-10-28-20)15-2-5-18(6-3-15)35-31-11-9-19(21(32)14-31)30-22-7-4-17(13-29-22)24(25,26)27/h2-8,10,12-13,19,21,32H,9,11,14H2,1H3,(H,29,30). The van der Waals surface area contributed by atoms with Crippen LogP contribution in [0.2, 0.25) is 0 Å². The first-order valence-corrected chi connectivity index (χ1v) is 11.6. The van der Waals surface area contributed by atoms with E-state index in [4.69, 9.17) is 4.74 Å². The van der Waals surface area contributed by atoms with Gasteiger partial charge in [0.25, 0.3) is 0 Å². The third-order valence-electron chi connectivity index (χ3n) is 5.55. The van der Waals surface area contributed by atoms with Crippen LogP contribution in [0.25, 0.3) is 11.1 Å². The number of rotatable bonds is 6. The van der Waals surface area contributed by atoms with E-state index in [1.807, 2.05) is 34.6 Å². The fourth-order valence-electron chi connectivity index (χ4n) is 3.67. The summed E-state index contributed by atoms with van der Waals surface area (Å²) in [4.78, 5) is 20.5. The monoisotopic (exact) mass is 504 g/mol. The van der Waals surface area contributed by atoms with Gasteiger partial charge in [-0.3, -0.25) is 0 Å². The summed E-state index contributed by atoms with van der Waals surface area (Å²) in [5.74, 6) is -0.199. The molecule has 1 aliphatic heterocycles. The SMILES string of the molecule is COC(=O)c1cc(-c2ccc(SN3CCC(Nc4ccc(C(F)(F)F)cn4)C(O)C3)cc2)ccn1. The molecule has 184 valence electrons. The van der Waals surface area contributed by atoms with Gasteiger partial charge in [0.2, 0.25) is 0 Å². The number of aromatic nitrogens is 2. The van der Waals surface area contributed by atoms with Gasteiger partial charge >= 0.3 is 12.1 Å². The highest BCUT2D eigenvalue weighted by atomic mass is 32.2. The Labute approximate surface area is 204 Å². The number of nitrogens with one attached hydrogen (secondary N) is 1. The third kappa shape index (κ3) is 6.30. The lowest BCUT2D eigenvalue weighted by molar-refractivity contribution is -0.137. The van der Waals surface area contributed by atoms with Crippen molar-refractivity contribution in [2.45, 2.75) is 29.6 Å². The van der Waals surface area contributed by atoms with Crippen molar-refractivity contribution in [2.75, 3.05) is 25.5 Å². The second kappa shape index (κ2) is 10.6. The van der Waals surface area contributed by atoms with E-state index in [9.17, 15) is 23.1 Å². The maximum Gasteiger partial charge on any atom is 0.417 e. The Morgan fingerprint density at radius 3 is 2.54 bits per heavy atom. The molecule has 2 atom stereocenters. The van der Waals surface area contributed by atoms with Crippen molar-refractivity contribution in [1.82, 2.24) is 14.3 Å². The predicted molar refractivity (Wildman–Crippen MR) is 126 cm³/mol. The quantitative estimate of drug-likeness (QED) is 0.375. The molecule has 0 aliphatic carbocycles. The molecule has 35 heavy (non-hydrogen) atoms. The Morgan fingerprint density at radius 1 is 1.14 bits per heavy atom. The van der Waals surface area contributed by atoms with Crippen LogP contribution in [0.3, 0.4) is 0 Å². The van der Waals surface area contributed by atoms with Crippen LogP contribution >= 0.6 is 11.9 Å². The van der Waals surface area contributed by atoms with Gasteiger partial charge in [-0.1, -0.05) is 12.1 Å². The largest absolute Gasteiger partial charge is 0.464 e. The number of pyridine rings is 2. The zero-order valence-corrected chi connectivity index (χ0v) is 19.5. The van der Waals surface area contributed by atoms with E-state index in [0.717, 1.165) is 28.3 Å². The molecule has 1 saturated heterocycles. The lowest BCUT2D eigenvalue weighted by Crippen LogP contribution is -2.47. The van der Waals surface area contributed by atoms with Crippen LogP contribution in [0, 0.1) is 0 Å².